The van der Waals surface area contributed by atoms with E-state index in [2.05, 4.69) is 27.0 Å². The number of fused-ring (bicyclic) bond motifs is 1. The van der Waals surface area contributed by atoms with Crippen LogP contribution in [0.1, 0.15) is 5.56 Å². The van der Waals surface area contributed by atoms with E-state index < -0.39 is 0 Å². The lowest BCUT2D eigenvalue weighted by atomic mass is 10.2. The summed E-state index contributed by atoms with van der Waals surface area (Å²) in [6, 6.07) is 13.5. The predicted octanol–water partition coefficient (Wildman–Crippen LogP) is 4.66. The van der Waals surface area contributed by atoms with Crippen LogP contribution in [0.4, 0.5) is 5.69 Å². The number of nitrogens with two attached hydrogens (primary N) is 1. The van der Waals surface area contributed by atoms with Crippen molar-refractivity contribution >= 4 is 54.9 Å². The minimum atomic E-state index is 0.642. The van der Waals surface area contributed by atoms with Crippen LogP contribution < -0.4 is 5.73 Å². The summed E-state index contributed by atoms with van der Waals surface area (Å²) in [6.07, 6.45) is 0. The van der Waals surface area contributed by atoms with E-state index in [4.69, 9.17) is 5.73 Å². The molecule has 3 nitrogen and oxygen atoms in total. The Bertz CT molecular complexity index is 836. The Labute approximate surface area is 132 Å². The average Bonchev–Trinajstić information content (AvgIpc) is 2.82. The van der Waals surface area contributed by atoms with Gasteiger partial charge in [0.25, 0.3) is 0 Å². The summed E-state index contributed by atoms with van der Waals surface area (Å²) in [5.74, 6) is 0. The summed E-state index contributed by atoms with van der Waals surface area (Å²) in [5, 5.41) is 9.18. The number of hydrogen-bond donors (Lipinski definition) is 1. The van der Waals surface area contributed by atoms with Crippen LogP contribution in [0.25, 0.3) is 10.2 Å². The maximum atomic E-state index is 9.18. The molecule has 0 fully saturated rings. The van der Waals surface area contributed by atoms with Gasteiger partial charge in [-0.1, -0.05) is 27.7 Å². The first-order chi connectivity index (χ1) is 9.65. The first-order valence-corrected chi connectivity index (χ1v) is 8.12. The van der Waals surface area contributed by atoms with Gasteiger partial charge in [-0.3, -0.25) is 0 Å². The Hall–Kier alpha value is -1.55. The summed E-state index contributed by atoms with van der Waals surface area (Å²) in [6.45, 7) is 0. The largest absolute Gasteiger partial charge is 0.399 e. The van der Waals surface area contributed by atoms with E-state index in [1.165, 1.54) is 11.8 Å². The summed E-state index contributed by atoms with van der Waals surface area (Å²) >= 11 is 6.45. The molecule has 1 heterocycles. The number of thiazole rings is 1. The van der Waals surface area contributed by atoms with Gasteiger partial charge in [0.15, 0.2) is 4.34 Å². The Morgan fingerprint density at radius 3 is 2.90 bits per heavy atom. The molecular weight excluding hydrogens is 354 g/mol. The van der Waals surface area contributed by atoms with Crippen LogP contribution in [0, 0.1) is 11.3 Å². The molecule has 0 aliphatic carbocycles. The van der Waals surface area contributed by atoms with Crippen molar-refractivity contribution in [3.05, 3.63) is 46.4 Å². The number of nitrogen functional groups attached to an aromatic ring is 1. The second-order valence-electron chi connectivity index (χ2n) is 4.06. The van der Waals surface area contributed by atoms with Crippen molar-refractivity contribution in [1.82, 2.24) is 4.98 Å². The van der Waals surface area contributed by atoms with Crippen molar-refractivity contribution < 1.29 is 0 Å². The van der Waals surface area contributed by atoms with Crippen molar-refractivity contribution in [3.8, 4) is 6.07 Å². The molecular formula is C14H8BrN3S2. The highest BCUT2D eigenvalue weighted by Gasteiger charge is 2.09. The third-order valence-corrected chi connectivity index (χ3v) is 5.30. The van der Waals surface area contributed by atoms with Crippen LogP contribution >= 0.6 is 39.0 Å². The van der Waals surface area contributed by atoms with Crippen molar-refractivity contribution in [2.24, 2.45) is 0 Å². The second-order valence-corrected chi connectivity index (χ2v) is 7.30. The lowest BCUT2D eigenvalue weighted by molar-refractivity contribution is 1.28. The van der Waals surface area contributed by atoms with Gasteiger partial charge in [0.05, 0.1) is 15.8 Å². The third-order valence-electron chi connectivity index (χ3n) is 2.65. The molecule has 0 radical (unpaired) electrons. The normalized spacial score (nSPS) is 10.6. The molecule has 0 aliphatic rings. The molecule has 0 bridgehead atoms. The topological polar surface area (TPSA) is 62.7 Å². The molecule has 0 spiro atoms. The number of hydrogen-bond acceptors (Lipinski definition) is 5. The van der Waals surface area contributed by atoms with E-state index in [0.29, 0.717) is 5.56 Å². The van der Waals surface area contributed by atoms with Gasteiger partial charge in [0, 0.05) is 15.1 Å². The Balaban J connectivity index is 1.99. The van der Waals surface area contributed by atoms with Gasteiger partial charge in [0.2, 0.25) is 0 Å². The number of benzene rings is 2. The van der Waals surface area contributed by atoms with Gasteiger partial charge in [-0.05, 0) is 36.4 Å². The van der Waals surface area contributed by atoms with Gasteiger partial charge < -0.3 is 5.73 Å². The van der Waals surface area contributed by atoms with Gasteiger partial charge in [-0.2, -0.15) is 5.26 Å². The quantitative estimate of drug-likeness (QED) is 0.674. The molecule has 20 heavy (non-hydrogen) atoms. The van der Waals surface area contributed by atoms with E-state index in [9.17, 15) is 5.26 Å². The number of aromatic nitrogens is 1. The Morgan fingerprint density at radius 2 is 2.10 bits per heavy atom. The van der Waals surface area contributed by atoms with Gasteiger partial charge >= 0.3 is 0 Å². The summed E-state index contributed by atoms with van der Waals surface area (Å²) < 4.78 is 2.86. The fourth-order valence-electron chi connectivity index (χ4n) is 1.74. The Morgan fingerprint density at radius 1 is 1.25 bits per heavy atom. The molecule has 0 saturated carbocycles. The van der Waals surface area contributed by atoms with E-state index in [1.807, 2.05) is 36.4 Å². The van der Waals surface area contributed by atoms with Crippen molar-refractivity contribution in [2.45, 2.75) is 9.24 Å². The van der Waals surface area contributed by atoms with Gasteiger partial charge in [-0.15, -0.1) is 11.3 Å². The van der Waals surface area contributed by atoms with E-state index in [1.54, 1.807) is 11.3 Å². The zero-order chi connectivity index (χ0) is 14.1. The van der Waals surface area contributed by atoms with E-state index in [0.717, 1.165) is 29.6 Å². The number of rotatable bonds is 2. The number of nitrogens with zero attached hydrogens (tertiary/aromatic N) is 2. The fourth-order valence-corrected chi connectivity index (χ4v) is 4.23. The van der Waals surface area contributed by atoms with Crippen LogP contribution in [0.2, 0.25) is 0 Å². The standard InChI is InChI=1S/C14H8BrN3S2/c15-9-1-4-12(8(5-9)7-16)19-14-18-11-3-2-10(17)6-13(11)20-14/h1-6H,17H2. The van der Waals surface area contributed by atoms with E-state index >= 15 is 0 Å². The first kappa shape index (κ1) is 13.4. The highest BCUT2D eigenvalue weighted by molar-refractivity contribution is 9.10. The monoisotopic (exact) mass is 361 g/mol. The minimum Gasteiger partial charge on any atom is -0.399 e. The lowest BCUT2D eigenvalue weighted by Gasteiger charge is -2.00. The van der Waals surface area contributed by atoms with Crippen LogP contribution in [0.3, 0.4) is 0 Å². The van der Waals surface area contributed by atoms with Gasteiger partial charge in [0.1, 0.15) is 6.07 Å². The molecule has 3 rings (SSSR count). The van der Waals surface area contributed by atoms with Crippen molar-refractivity contribution in [2.75, 3.05) is 5.73 Å². The maximum Gasteiger partial charge on any atom is 0.155 e. The van der Waals surface area contributed by atoms with E-state index in [-0.39, 0.29) is 0 Å². The number of nitriles is 1. The molecule has 6 heteroatoms. The number of anilines is 1. The van der Waals surface area contributed by atoms with Crippen LogP contribution in [0.15, 0.2) is 50.1 Å². The zero-order valence-electron chi connectivity index (χ0n) is 10.1. The summed E-state index contributed by atoms with van der Waals surface area (Å²) in [4.78, 5) is 5.46. The maximum absolute atomic E-state index is 9.18. The first-order valence-electron chi connectivity index (χ1n) is 5.69. The Kier molecular flexibility index (Phi) is 3.66. The molecule has 2 N–H and O–H groups in total. The van der Waals surface area contributed by atoms with Crippen molar-refractivity contribution in [3.63, 3.8) is 0 Å². The molecule has 98 valence electrons. The highest BCUT2D eigenvalue weighted by Crippen LogP contribution is 2.37. The van der Waals surface area contributed by atoms with Crippen LogP contribution in [0.5, 0.6) is 0 Å². The molecule has 0 unspecified atom stereocenters. The second kappa shape index (κ2) is 5.44. The SMILES string of the molecule is N#Cc1cc(Br)ccc1Sc1nc2ccc(N)cc2s1. The smallest absolute Gasteiger partial charge is 0.155 e. The molecule has 0 saturated heterocycles. The van der Waals surface area contributed by atoms with Crippen molar-refractivity contribution in [1.29, 1.82) is 5.26 Å². The fraction of sp³-hybridized carbons (Fsp3) is 0. The third kappa shape index (κ3) is 2.66. The zero-order valence-corrected chi connectivity index (χ0v) is 13.3. The number of halogens is 1. The molecule has 0 atom stereocenters. The summed E-state index contributed by atoms with van der Waals surface area (Å²) in [7, 11) is 0. The minimum absolute atomic E-state index is 0.642. The highest BCUT2D eigenvalue weighted by atomic mass is 79.9. The predicted molar refractivity (Wildman–Crippen MR) is 87.0 cm³/mol. The molecule has 2 aromatic carbocycles. The molecule has 3 aromatic rings. The molecule has 0 aliphatic heterocycles. The van der Waals surface area contributed by atoms with Crippen LogP contribution in [-0.4, -0.2) is 4.98 Å². The summed E-state index contributed by atoms with van der Waals surface area (Å²) in [5.41, 5.74) is 8.08. The van der Waals surface area contributed by atoms with Crippen LogP contribution in [-0.2, 0) is 0 Å². The van der Waals surface area contributed by atoms with Gasteiger partial charge in [-0.25, -0.2) is 4.98 Å². The average molecular weight is 362 g/mol. The lowest BCUT2D eigenvalue weighted by Crippen LogP contribution is -1.81. The molecule has 1 aromatic heterocycles. The molecule has 0 amide bonds.